The first kappa shape index (κ1) is 36.5. The van der Waals surface area contributed by atoms with Gasteiger partial charge in [0.15, 0.2) is 0 Å². The zero-order valence-electron chi connectivity index (χ0n) is 23.9. The molecule has 0 atom stereocenters. The van der Waals surface area contributed by atoms with Gasteiger partial charge in [-0.3, -0.25) is 4.55 Å². The van der Waals surface area contributed by atoms with Crippen LogP contribution in [0.25, 0.3) is 0 Å². The summed E-state index contributed by atoms with van der Waals surface area (Å²) in [6, 6.07) is 0. The second-order valence-electron chi connectivity index (χ2n) is 10.6. The molecule has 0 aromatic carbocycles. The minimum Gasteiger partial charge on any atom is -0.862 e. The van der Waals surface area contributed by atoms with Crippen molar-refractivity contribution in [3.63, 3.8) is 0 Å². The summed E-state index contributed by atoms with van der Waals surface area (Å²) in [4.78, 5) is 4.22. The van der Waals surface area contributed by atoms with Crippen molar-refractivity contribution in [3.8, 4) is 0 Å². The van der Waals surface area contributed by atoms with E-state index >= 15 is 0 Å². The number of aliphatic imine (C=N–C) groups is 1. The zero-order chi connectivity index (χ0) is 27.0. The molecule has 0 saturated carbocycles. The van der Waals surface area contributed by atoms with E-state index in [0.29, 0.717) is 13.0 Å². The fourth-order valence-corrected chi connectivity index (χ4v) is 3.98. The first-order valence-corrected chi connectivity index (χ1v) is 15.4. The van der Waals surface area contributed by atoms with E-state index in [2.05, 4.69) is 44.0 Å². The maximum Gasteiger partial charge on any atom is 0.397 e. The Morgan fingerprint density at radius 2 is 1.31 bits per heavy atom. The van der Waals surface area contributed by atoms with E-state index in [4.69, 9.17) is 4.55 Å². The van der Waals surface area contributed by atoms with Crippen LogP contribution in [0.1, 0.15) is 124 Å². The molecule has 0 radical (unpaired) electrons. The van der Waals surface area contributed by atoms with Crippen LogP contribution in [0, 0.1) is 5.92 Å². The topological polar surface area (TPSA) is 99.0 Å². The fraction of sp³-hybridized carbons (Fsp3) is 0.963. The summed E-state index contributed by atoms with van der Waals surface area (Å²) in [7, 11) is 0.292. The van der Waals surface area contributed by atoms with Gasteiger partial charge in [0.05, 0.1) is 33.8 Å². The molecule has 0 heterocycles. The molecule has 0 aliphatic rings. The number of hydrogen-bond acceptors (Lipinski definition) is 5. The normalized spacial score (nSPS) is 12.6. The summed E-state index contributed by atoms with van der Waals surface area (Å²) in [5, 5.41) is 11.8. The lowest BCUT2D eigenvalue weighted by Gasteiger charge is -2.27. The van der Waals surface area contributed by atoms with Crippen molar-refractivity contribution >= 4 is 16.3 Å². The van der Waals surface area contributed by atoms with Gasteiger partial charge >= 0.3 is 10.4 Å². The molecule has 212 valence electrons. The van der Waals surface area contributed by atoms with Crippen LogP contribution >= 0.6 is 0 Å². The smallest absolute Gasteiger partial charge is 0.397 e. The van der Waals surface area contributed by atoms with Crippen LogP contribution in [0.4, 0.5) is 0 Å². The SMILES string of the molecule is CCOS(=O)(=O)O.CC[N+](C)(C)CCCN=C([O-])CCCCCCCCCCCCCCC(C)C. The van der Waals surface area contributed by atoms with Crippen molar-refractivity contribution in [2.75, 3.05) is 40.3 Å². The Balaban J connectivity index is 0. The third-order valence-electron chi connectivity index (χ3n) is 6.25. The molecule has 0 unspecified atom stereocenters. The Morgan fingerprint density at radius 1 is 0.857 bits per heavy atom. The lowest BCUT2D eigenvalue weighted by molar-refractivity contribution is -0.888. The van der Waals surface area contributed by atoms with E-state index in [9.17, 15) is 13.5 Å². The molecule has 0 bridgehead atoms. The molecule has 0 amide bonds. The van der Waals surface area contributed by atoms with Crippen molar-refractivity contribution in [2.24, 2.45) is 10.9 Å². The lowest BCUT2D eigenvalue weighted by atomic mass is 10.0. The van der Waals surface area contributed by atoms with Crippen LogP contribution in [-0.4, -0.2) is 63.7 Å². The van der Waals surface area contributed by atoms with Crippen LogP contribution in [0.15, 0.2) is 4.99 Å². The van der Waals surface area contributed by atoms with Gasteiger partial charge in [-0.1, -0.05) is 90.9 Å². The average Bonchev–Trinajstić information content (AvgIpc) is 2.76. The quantitative estimate of drug-likeness (QED) is 0.0602. The van der Waals surface area contributed by atoms with Crippen molar-refractivity contribution in [2.45, 2.75) is 124 Å². The number of unbranched alkanes of at least 4 members (excludes halogenated alkanes) is 11. The standard InChI is InChI=1S/C25H52N2O.C2H6O4S/c1-6-27(4,5)23-19-22-26-25(28)21-18-16-14-12-10-8-7-9-11-13-15-17-20-24(2)3;1-2-6-7(3,4)5/h24H,6-23H2,1-5H3;2H2,1H3,(H,3,4,5). The molecule has 1 N–H and O–H groups in total. The van der Waals surface area contributed by atoms with Gasteiger partial charge in [-0.05, 0) is 38.5 Å². The minimum absolute atomic E-state index is 0.0289. The van der Waals surface area contributed by atoms with Crippen LogP contribution in [-0.2, 0) is 14.6 Å². The second kappa shape index (κ2) is 23.7. The predicted octanol–water partition coefficient (Wildman–Crippen LogP) is 6.17. The molecule has 0 aliphatic carbocycles. The zero-order valence-corrected chi connectivity index (χ0v) is 24.7. The maximum atomic E-state index is 11.8. The molecule has 0 rings (SSSR count). The van der Waals surface area contributed by atoms with Gasteiger partial charge in [-0.25, -0.2) is 4.18 Å². The molecule has 0 saturated heterocycles. The highest BCUT2D eigenvalue weighted by atomic mass is 32.3. The van der Waals surface area contributed by atoms with Gasteiger partial charge in [-0.2, -0.15) is 8.42 Å². The summed E-state index contributed by atoms with van der Waals surface area (Å²) >= 11 is 0. The van der Waals surface area contributed by atoms with Gasteiger partial charge in [0, 0.05) is 13.0 Å². The minimum atomic E-state index is -4.17. The Morgan fingerprint density at radius 3 is 1.69 bits per heavy atom. The highest BCUT2D eigenvalue weighted by molar-refractivity contribution is 7.80. The summed E-state index contributed by atoms with van der Waals surface area (Å²) in [6.45, 7) is 11.2. The molecule has 0 aromatic heterocycles. The second-order valence-corrected chi connectivity index (χ2v) is 11.7. The van der Waals surface area contributed by atoms with E-state index in [1.807, 2.05) is 0 Å². The van der Waals surface area contributed by atoms with Crippen molar-refractivity contribution < 1.29 is 26.7 Å². The third kappa shape index (κ3) is 33.3. The number of nitrogens with zero attached hydrogens (tertiary/aromatic N) is 2. The number of hydrogen-bond donors (Lipinski definition) is 1. The van der Waals surface area contributed by atoms with Crippen molar-refractivity contribution in [1.29, 1.82) is 0 Å². The largest absolute Gasteiger partial charge is 0.862 e. The first-order chi connectivity index (χ1) is 16.4. The highest BCUT2D eigenvalue weighted by Crippen LogP contribution is 2.14. The van der Waals surface area contributed by atoms with Gasteiger partial charge < -0.3 is 14.6 Å². The number of rotatable bonds is 22. The van der Waals surface area contributed by atoms with E-state index in [1.54, 1.807) is 0 Å². The third-order valence-corrected chi connectivity index (χ3v) is 6.79. The maximum absolute atomic E-state index is 11.8. The molecule has 8 heteroatoms. The van der Waals surface area contributed by atoms with Gasteiger partial charge in [0.1, 0.15) is 0 Å². The Labute approximate surface area is 218 Å². The van der Waals surface area contributed by atoms with E-state index in [0.717, 1.165) is 36.3 Å². The summed E-state index contributed by atoms with van der Waals surface area (Å²) in [5.41, 5.74) is 0. The van der Waals surface area contributed by atoms with Crippen LogP contribution < -0.4 is 5.11 Å². The summed E-state index contributed by atoms with van der Waals surface area (Å²) in [5.74, 6) is 0.991. The first-order valence-electron chi connectivity index (χ1n) is 14.1. The van der Waals surface area contributed by atoms with Gasteiger partial charge in [0.25, 0.3) is 0 Å². The molecule has 0 aromatic rings. The Hall–Kier alpha value is -0.700. The van der Waals surface area contributed by atoms with E-state index in [1.165, 1.54) is 84.0 Å². The lowest BCUT2D eigenvalue weighted by Crippen LogP contribution is -2.40. The van der Waals surface area contributed by atoms with Crippen molar-refractivity contribution in [1.82, 2.24) is 0 Å². The van der Waals surface area contributed by atoms with Crippen LogP contribution in [0.5, 0.6) is 0 Å². The molecular formula is C27H58N2O5S. The predicted molar refractivity (Wildman–Crippen MR) is 147 cm³/mol. The summed E-state index contributed by atoms with van der Waals surface area (Å²) in [6.07, 6.45) is 19.2. The van der Waals surface area contributed by atoms with Crippen molar-refractivity contribution in [3.05, 3.63) is 0 Å². The molecule has 0 aliphatic heterocycles. The monoisotopic (exact) mass is 522 g/mol. The van der Waals surface area contributed by atoms with E-state index in [-0.39, 0.29) is 12.5 Å². The molecular weight excluding hydrogens is 464 g/mol. The molecule has 35 heavy (non-hydrogen) atoms. The Bertz CT molecular complexity index is 592. The highest BCUT2D eigenvalue weighted by Gasteiger charge is 2.09. The number of quaternary nitrogens is 1. The Kier molecular flexibility index (Phi) is 24.7. The van der Waals surface area contributed by atoms with E-state index < -0.39 is 10.4 Å². The van der Waals surface area contributed by atoms with Crippen LogP contribution in [0.3, 0.4) is 0 Å². The van der Waals surface area contributed by atoms with Crippen LogP contribution in [0.2, 0.25) is 0 Å². The summed E-state index contributed by atoms with van der Waals surface area (Å²) < 4.78 is 31.7. The van der Waals surface area contributed by atoms with Gasteiger partial charge in [0.2, 0.25) is 0 Å². The van der Waals surface area contributed by atoms with Gasteiger partial charge in [-0.15, -0.1) is 0 Å². The molecule has 0 fully saturated rings. The average molecular weight is 523 g/mol. The fourth-order valence-electron chi connectivity index (χ4n) is 3.69. The molecule has 0 spiro atoms. The molecule has 7 nitrogen and oxygen atoms in total.